The SMILES string of the molecule is COc1ccc(Br)cc1/C=C1\Oc2c(CN3CCCCCC3)c(O)cc(C)c2C1=O. The third-order valence-corrected chi connectivity index (χ3v) is 6.27. The fraction of sp³-hybridized carbons (Fsp3) is 0.375. The molecule has 2 aliphatic rings. The number of likely N-dealkylation sites (tertiary alicyclic amines) is 1. The number of ether oxygens (including phenoxy) is 2. The van der Waals surface area contributed by atoms with E-state index in [1.54, 1.807) is 19.3 Å². The van der Waals surface area contributed by atoms with Gasteiger partial charge in [0.2, 0.25) is 5.78 Å². The number of hydrogen-bond donors (Lipinski definition) is 1. The van der Waals surface area contributed by atoms with E-state index in [0.717, 1.165) is 41.5 Å². The normalized spacial score (nSPS) is 18.2. The number of fused-ring (bicyclic) bond motifs is 1. The number of halogens is 1. The summed E-state index contributed by atoms with van der Waals surface area (Å²) in [7, 11) is 1.60. The molecule has 30 heavy (non-hydrogen) atoms. The standard InChI is InChI=1S/C24H26BrNO4/c1-15-11-19(27)18(14-26-9-5-3-4-6-10-26)24-22(15)23(28)21(30-24)13-16-12-17(25)7-8-20(16)29-2/h7-8,11-13,27H,3-6,9-10,14H2,1-2H3/b21-13-. The van der Waals surface area contributed by atoms with Crippen LogP contribution in [0.2, 0.25) is 0 Å². The van der Waals surface area contributed by atoms with Crippen LogP contribution in [-0.4, -0.2) is 36.0 Å². The fourth-order valence-corrected chi connectivity index (χ4v) is 4.59. The van der Waals surface area contributed by atoms with Gasteiger partial charge in [0.1, 0.15) is 17.2 Å². The average Bonchev–Trinajstić information content (AvgIpc) is 2.88. The van der Waals surface area contributed by atoms with E-state index in [4.69, 9.17) is 9.47 Å². The molecule has 0 saturated carbocycles. The number of methoxy groups -OCH3 is 1. The Kier molecular flexibility index (Phi) is 6.16. The summed E-state index contributed by atoms with van der Waals surface area (Å²) in [4.78, 5) is 15.5. The number of aryl methyl sites for hydroxylation is 1. The number of carbonyl (C=O) groups is 1. The van der Waals surface area contributed by atoms with Gasteiger partial charge in [-0.3, -0.25) is 9.69 Å². The zero-order valence-corrected chi connectivity index (χ0v) is 18.9. The Bertz CT molecular complexity index is 1010. The monoisotopic (exact) mass is 471 g/mol. The topological polar surface area (TPSA) is 59.0 Å². The predicted molar refractivity (Wildman–Crippen MR) is 120 cm³/mol. The van der Waals surface area contributed by atoms with Crippen LogP contribution in [0.1, 0.15) is 52.7 Å². The average molecular weight is 472 g/mol. The third-order valence-electron chi connectivity index (χ3n) is 5.78. The number of phenols is 1. The van der Waals surface area contributed by atoms with Crippen molar-refractivity contribution in [2.45, 2.75) is 39.2 Å². The molecule has 1 N–H and O–H groups in total. The second-order valence-corrected chi connectivity index (χ2v) is 8.83. The fourth-order valence-electron chi connectivity index (χ4n) is 4.21. The molecule has 0 radical (unpaired) electrons. The summed E-state index contributed by atoms with van der Waals surface area (Å²) in [5.74, 6) is 1.41. The van der Waals surface area contributed by atoms with Gasteiger partial charge in [0, 0.05) is 16.6 Å². The van der Waals surface area contributed by atoms with Crippen LogP contribution >= 0.6 is 15.9 Å². The van der Waals surface area contributed by atoms with Crippen molar-refractivity contribution in [2.24, 2.45) is 0 Å². The Morgan fingerprint density at radius 1 is 1.20 bits per heavy atom. The molecule has 0 aliphatic carbocycles. The van der Waals surface area contributed by atoms with Crippen LogP contribution < -0.4 is 9.47 Å². The van der Waals surface area contributed by atoms with E-state index >= 15 is 0 Å². The highest BCUT2D eigenvalue weighted by Crippen LogP contribution is 2.43. The quantitative estimate of drug-likeness (QED) is 0.599. The zero-order valence-electron chi connectivity index (χ0n) is 17.3. The van der Waals surface area contributed by atoms with Crippen LogP contribution in [0.4, 0.5) is 0 Å². The molecule has 0 unspecified atom stereocenters. The molecule has 2 heterocycles. The van der Waals surface area contributed by atoms with Gasteiger partial charge >= 0.3 is 0 Å². The molecule has 158 valence electrons. The summed E-state index contributed by atoms with van der Waals surface area (Å²) in [6, 6.07) is 7.28. The number of rotatable bonds is 4. The van der Waals surface area contributed by atoms with Crippen molar-refractivity contribution in [1.29, 1.82) is 0 Å². The van der Waals surface area contributed by atoms with Gasteiger partial charge in [-0.15, -0.1) is 0 Å². The molecule has 2 aromatic rings. The van der Waals surface area contributed by atoms with Gasteiger partial charge in [-0.1, -0.05) is 28.8 Å². The first-order chi connectivity index (χ1) is 14.5. The van der Waals surface area contributed by atoms with E-state index in [9.17, 15) is 9.90 Å². The minimum Gasteiger partial charge on any atom is -0.507 e. The number of phenolic OH excluding ortho intramolecular Hbond substituents is 1. The Hall–Kier alpha value is -2.31. The Morgan fingerprint density at radius 3 is 2.63 bits per heavy atom. The van der Waals surface area contributed by atoms with Crippen molar-refractivity contribution in [3.8, 4) is 17.2 Å². The molecule has 5 nitrogen and oxygen atoms in total. The van der Waals surface area contributed by atoms with Gasteiger partial charge in [-0.05, 0) is 68.8 Å². The lowest BCUT2D eigenvalue weighted by Crippen LogP contribution is -2.24. The Morgan fingerprint density at radius 2 is 1.93 bits per heavy atom. The molecule has 2 aliphatic heterocycles. The van der Waals surface area contributed by atoms with Crippen molar-refractivity contribution in [2.75, 3.05) is 20.2 Å². The maximum absolute atomic E-state index is 13.2. The number of nitrogens with zero attached hydrogens (tertiary/aromatic N) is 1. The maximum atomic E-state index is 13.2. The first-order valence-electron chi connectivity index (χ1n) is 10.3. The van der Waals surface area contributed by atoms with Gasteiger partial charge in [0.15, 0.2) is 5.76 Å². The Balaban J connectivity index is 1.71. The van der Waals surface area contributed by atoms with Crippen molar-refractivity contribution < 1.29 is 19.4 Å². The molecule has 0 aromatic heterocycles. The number of benzene rings is 2. The summed E-state index contributed by atoms with van der Waals surface area (Å²) in [5, 5.41) is 10.7. The van der Waals surface area contributed by atoms with Gasteiger partial charge in [0.25, 0.3) is 0 Å². The largest absolute Gasteiger partial charge is 0.507 e. The lowest BCUT2D eigenvalue weighted by Gasteiger charge is -2.22. The first-order valence-corrected chi connectivity index (χ1v) is 11.1. The van der Waals surface area contributed by atoms with E-state index in [1.165, 1.54) is 12.8 Å². The number of carbonyl (C=O) groups excluding carboxylic acids is 1. The van der Waals surface area contributed by atoms with E-state index in [-0.39, 0.29) is 17.3 Å². The molecule has 4 rings (SSSR count). The lowest BCUT2D eigenvalue weighted by atomic mass is 9.99. The summed E-state index contributed by atoms with van der Waals surface area (Å²) in [5.41, 5.74) is 2.70. The van der Waals surface area contributed by atoms with Gasteiger partial charge < -0.3 is 14.6 Å². The molecule has 0 atom stereocenters. The van der Waals surface area contributed by atoms with Crippen LogP contribution in [-0.2, 0) is 6.54 Å². The van der Waals surface area contributed by atoms with Crippen LogP contribution in [0.3, 0.4) is 0 Å². The van der Waals surface area contributed by atoms with Gasteiger partial charge in [-0.2, -0.15) is 0 Å². The number of hydrogen-bond acceptors (Lipinski definition) is 5. The van der Waals surface area contributed by atoms with E-state index < -0.39 is 0 Å². The summed E-state index contributed by atoms with van der Waals surface area (Å²) in [6.45, 7) is 4.40. The number of aromatic hydroxyl groups is 1. The van der Waals surface area contributed by atoms with Crippen molar-refractivity contribution >= 4 is 27.8 Å². The predicted octanol–water partition coefficient (Wildman–Crippen LogP) is 5.46. The smallest absolute Gasteiger partial charge is 0.232 e. The molecule has 6 heteroatoms. The van der Waals surface area contributed by atoms with Crippen LogP contribution in [0.25, 0.3) is 6.08 Å². The van der Waals surface area contributed by atoms with Crippen molar-refractivity contribution in [3.63, 3.8) is 0 Å². The van der Waals surface area contributed by atoms with Gasteiger partial charge in [0.05, 0.1) is 18.2 Å². The summed E-state index contributed by atoms with van der Waals surface area (Å²) >= 11 is 3.46. The van der Waals surface area contributed by atoms with Crippen molar-refractivity contribution in [1.82, 2.24) is 4.90 Å². The molecule has 1 fully saturated rings. The van der Waals surface area contributed by atoms with Crippen molar-refractivity contribution in [3.05, 3.63) is 56.8 Å². The Labute approximate surface area is 185 Å². The van der Waals surface area contributed by atoms with Crippen LogP contribution in [0.15, 0.2) is 34.5 Å². The molecule has 0 spiro atoms. The zero-order chi connectivity index (χ0) is 21.3. The minimum absolute atomic E-state index is 0.165. The highest BCUT2D eigenvalue weighted by atomic mass is 79.9. The lowest BCUT2D eigenvalue weighted by molar-refractivity contribution is 0.101. The molecular weight excluding hydrogens is 446 g/mol. The first kappa shape index (κ1) is 20.9. The summed E-state index contributed by atoms with van der Waals surface area (Å²) in [6.07, 6.45) is 6.50. The van der Waals surface area contributed by atoms with Crippen LogP contribution in [0.5, 0.6) is 17.2 Å². The highest BCUT2D eigenvalue weighted by Gasteiger charge is 2.34. The number of allylic oxidation sites excluding steroid dienone is 1. The molecule has 0 amide bonds. The van der Waals surface area contributed by atoms with E-state index in [0.29, 0.717) is 29.2 Å². The number of ketones is 1. The van der Waals surface area contributed by atoms with Crippen LogP contribution in [0, 0.1) is 6.92 Å². The third kappa shape index (κ3) is 4.12. The molecule has 0 bridgehead atoms. The van der Waals surface area contributed by atoms with E-state index in [1.807, 2.05) is 25.1 Å². The molecular formula is C24H26BrNO4. The van der Waals surface area contributed by atoms with Gasteiger partial charge in [-0.25, -0.2) is 0 Å². The minimum atomic E-state index is -0.165. The molecule has 2 aromatic carbocycles. The maximum Gasteiger partial charge on any atom is 0.232 e. The second-order valence-electron chi connectivity index (χ2n) is 7.91. The highest BCUT2D eigenvalue weighted by molar-refractivity contribution is 9.10. The second kappa shape index (κ2) is 8.82. The summed E-state index contributed by atoms with van der Waals surface area (Å²) < 4.78 is 12.4. The number of Topliss-reactive ketones (excluding diaryl/α,β-unsaturated/α-hetero) is 1. The molecule has 1 saturated heterocycles. The van der Waals surface area contributed by atoms with E-state index in [2.05, 4.69) is 20.8 Å².